The lowest BCUT2D eigenvalue weighted by molar-refractivity contribution is -0.139. The zero-order valence-corrected chi connectivity index (χ0v) is 13.7. The van der Waals surface area contributed by atoms with Crippen molar-refractivity contribution in [2.75, 3.05) is 13.1 Å². The number of hydrogen-bond acceptors (Lipinski definition) is 6. The third-order valence-electron chi connectivity index (χ3n) is 3.60. The Morgan fingerprint density at radius 1 is 1.16 bits per heavy atom. The lowest BCUT2D eigenvalue weighted by Gasteiger charge is -2.18. The van der Waals surface area contributed by atoms with Crippen molar-refractivity contribution in [3.8, 4) is 0 Å². The molecule has 0 aromatic carbocycles. The molecule has 0 aromatic rings. The Morgan fingerprint density at radius 3 is 2.36 bits per heavy atom. The van der Waals surface area contributed by atoms with Crippen LogP contribution >= 0.6 is 0 Å². The van der Waals surface area contributed by atoms with E-state index in [-0.39, 0.29) is 63.4 Å². The number of carbonyl (C=O) groups is 6. The van der Waals surface area contributed by atoms with Gasteiger partial charge in [-0.05, 0) is 12.8 Å². The number of hydrogen-bond donors (Lipinski definition) is 3. The molecule has 0 spiro atoms. The van der Waals surface area contributed by atoms with Crippen molar-refractivity contribution in [1.82, 2.24) is 15.5 Å². The molecule has 0 aliphatic carbocycles. The third kappa shape index (κ3) is 7.10. The standard InChI is InChI=1S/C15H21N3O7/c19-9-7-16-15(25)10(3-6-14(23)24)17-11(20)2-1-8-18-12(21)4-5-13(18)22/h9-10H,1-8H2,(H,16,25)(H,17,20)(H,23,24). The predicted molar refractivity (Wildman–Crippen MR) is 83.1 cm³/mol. The van der Waals surface area contributed by atoms with Gasteiger partial charge < -0.3 is 20.5 Å². The number of likely N-dealkylation sites (tertiary alicyclic amines) is 1. The molecule has 0 aromatic heterocycles. The smallest absolute Gasteiger partial charge is 0.303 e. The van der Waals surface area contributed by atoms with Gasteiger partial charge in [-0.25, -0.2) is 0 Å². The van der Waals surface area contributed by atoms with Crippen LogP contribution in [0.15, 0.2) is 0 Å². The summed E-state index contributed by atoms with van der Waals surface area (Å²) in [4.78, 5) is 68.7. The molecular weight excluding hydrogens is 334 g/mol. The Balaban J connectivity index is 2.45. The number of imide groups is 1. The van der Waals surface area contributed by atoms with Gasteiger partial charge in [0, 0.05) is 32.2 Å². The topological polar surface area (TPSA) is 150 Å². The van der Waals surface area contributed by atoms with Gasteiger partial charge in [-0.15, -0.1) is 0 Å². The van der Waals surface area contributed by atoms with Crippen LogP contribution in [0, 0.1) is 0 Å². The summed E-state index contributed by atoms with van der Waals surface area (Å²) in [7, 11) is 0. The molecule has 1 unspecified atom stereocenters. The molecule has 1 saturated heterocycles. The van der Waals surface area contributed by atoms with E-state index in [4.69, 9.17) is 5.11 Å². The molecule has 0 saturated carbocycles. The quantitative estimate of drug-likeness (QED) is 0.304. The normalized spacial score (nSPS) is 15.0. The fourth-order valence-corrected chi connectivity index (χ4v) is 2.34. The van der Waals surface area contributed by atoms with Crippen molar-refractivity contribution in [2.24, 2.45) is 0 Å². The van der Waals surface area contributed by atoms with Crippen molar-refractivity contribution in [3.63, 3.8) is 0 Å². The van der Waals surface area contributed by atoms with Crippen LogP contribution in [0.4, 0.5) is 0 Å². The van der Waals surface area contributed by atoms with Crippen molar-refractivity contribution in [3.05, 3.63) is 0 Å². The minimum absolute atomic E-state index is 0.0262. The van der Waals surface area contributed by atoms with Gasteiger partial charge in [-0.3, -0.25) is 28.9 Å². The van der Waals surface area contributed by atoms with Gasteiger partial charge >= 0.3 is 5.97 Å². The van der Waals surface area contributed by atoms with Crippen molar-refractivity contribution in [2.45, 2.75) is 44.6 Å². The number of rotatable bonds is 11. The highest BCUT2D eigenvalue weighted by molar-refractivity contribution is 6.01. The molecule has 1 heterocycles. The number of amides is 4. The van der Waals surface area contributed by atoms with Gasteiger partial charge in [0.1, 0.15) is 12.3 Å². The van der Waals surface area contributed by atoms with Gasteiger partial charge in [0.15, 0.2) is 0 Å². The molecule has 4 amide bonds. The molecule has 0 bridgehead atoms. The third-order valence-corrected chi connectivity index (χ3v) is 3.60. The lowest BCUT2D eigenvalue weighted by atomic mass is 10.1. The summed E-state index contributed by atoms with van der Waals surface area (Å²) in [5.74, 6) is -2.80. The molecular formula is C15H21N3O7. The number of aldehydes is 1. The molecule has 10 heteroatoms. The number of nitrogens with zero attached hydrogens (tertiary/aromatic N) is 1. The van der Waals surface area contributed by atoms with Gasteiger partial charge in [0.05, 0.1) is 6.54 Å². The highest BCUT2D eigenvalue weighted by Gasteiger charge is 2.28. The Bertz CT molecular complexity index is 545. The van der Waals surface area contributed by atoms with E-state index in [2.05, 4.69) is 10.6 Å². The van der Waals surface area contributed by atoms with Crippen LogP contribution in [0.2, 0.25) is 0 Å². The molecule has 3 N–H and O–H groups in total. The highest BCUT2D eigenvalue weighted by Crippen LogP contribution is 2.12. The van der Waals surface area contributed by atoms with Crippen molar-refractivity contribution in [1.29, 1.82) is 0 Å². The highest BCUT2D eigenvalue weighted by atomic mass is 16.4. The lowest BCUT2D eigenvalue weighted by Crippen LogP contribution is -2.47. The van der Waals surface area contributed by atoms with Crippen LogP contribution in [-0.4, -0.2) is 65.0 Å². The predicted octanol–water partition coefficient (Wildman–Crippen LogP) is -1.42. The maximum atomic E-state index is 11.9. The second-order valence-electron chi connectivity index (χ2n) is 5.51. The minimum atomic E-state index is -1.12. The monoisotopic (exact) mass is 355 g/mol. The molecule has 10 nitrogen and oxygen atoms in total. The van der Waals surface area contributed by atoms with E-state index in [0.717, 1.165) is 4.90 Å². The number of carboxylic acids is 1. The Morgan fingerprint density at radius 2 is 1.80 bits per heavy atom. The minimum Gasteiger partial charge on any atom is -0.481 e. The van der Waals surface area contributed by atoms with E-state index in [1.54, 1.807) is 0 Å². The molecule has 1 aliphatic rings. The van der Waals surface area contributed by atoms with Crippen LogP contribution in [0.25, 0.3) is 0 Å². The van der Waals surface area contributed by atoms with E-state index in [1.165, 1.54) is 0 Å². The zero-order chi connectivity index (χ0) is 18.8. The first-order valence-corrected chi connectivity index (χ1v) is 7.90. The first-order valence-electron chi connectivity index (χ1n) is 7.90. The summed E-state index contributed by atoms with van der Waals surface area (Å²) < 4.78 is 0. The average Bonchev–Trinajstić information content (AvgIpc) is 2.88. The first-order chi connectivity index (χ1) is 11.8. The SMILES string of the molecule is O=CCNC(=O)C(CCC(=O)O)NC(=O)CCCN1C(=O)CCC1=O. The van der Waals surface area contributed by atoms with E-state index < -0.39 is 23.8 Å². The van der Waals surface area contributed by atoms with Crippen LogP contribution < -0.4 is 10.6 Å². The number of carboxylic acid groups (broad SMARTS) is 1. The van der Waals surface area contributed by atoms with Crippen molar-refractivity contribution >= 4 is 35.9 Å². The van der Waals surface area contributed by atoms with Gasteiger partial charge in [0.25, 0.3) is 0 Å². The fourth-order valence-electron chi connectivity index (χ4n) is 2.34. The molecule has 1 rings (SSSR count). The number of aliphatic carboxylic acids is 1. The summed E-state index contributed by atoms with van der Waals surface area (Å²) in [6.07, 6.45) is 0.605. The Hall–Kier alpha value is -2.78. The van der Waals surface area contributed by atoms with E-state index in [0.29, 0.717) is 6.29 Å². The van der Waals surface area contributed by atoms with E-state index in [9.17, 15) is 28.8 Å². The zero-order valence-electron chi connectivity index (χ0n) is 13.7. The van der Waals surface area contributed by atoms with Gasteiger partial charge in [-0.2, -0.15) is 0 Å². The summed E-state index contributed by atoms with van der Waals surface area (Å²) in [6, 6.07) is -1.07. The van der Waals surface area contributed by atoms with Crippen LogP contribution in [0.1, 0.15) is 38.5 Å². The summed E-state index contributed by atoms with van der Waals surface area (Å²) >= 11 is 0. The van der Waals surface area contributed by atoms with Gasteiger partial charge in [0.2, 0.25) is 23.6 Å². The summed E-state index contributed by atoms with van der Waals surface area (Å²) in [5.41, 5.74) is 0. The largest absolute Gasteiger partial charge is 0.481 e. The van der Waals surface area contributed by atoms with Crippen molar-refractivity contribution < 1.29 is 33.9 Å². The molecule has 0 radical (unpaired) electrons. The summed E-state index contributed by atoms with van der Waals surface area (Å²) in [5, 5.41) is 13.4. The molecule has 1 aliphatic heterocycles. The fraction of sp³-hybridized carbons (Fsp3) is 0.600. The van der Waals surface area contributed by atoms with Crippen LogP contribution in [0.3, 0.4) is 0 Å². The maximum Gasteiger partial charge on any atom is 0.303 e. The maximum absolute atomic E-state index is 11.9. The van der Waals surface area contributed by atoms with E-state index >= 15 is 0 Å². The first kappa shape index (κ1) is 20.3. The molecule has 138 valence electrons. The number of nitrogens with one attached hydrogen (secondary N) is 2. The second kappa shape index (κ2) is 10.2. The Labute approximate surface area is 143 Å². The number of carbonyl (C=O) groups excluding carboxylic acids is 5. The Kier molecular flexibility index (Phi) is 8.24. The molecule has 25 heavy (non-hydrogen) atoms. The van der Waals surface area contributed by atoms with Gasteiger partial charge in [-0.1, -0.05) is 0 Å². The molecule has 1 fully saturated rings. The molecule has 1 atom stereocenters. The van der Waals surface area contributed by atoms with E-state index in [1.807, 2.05) is 0 Å². The average molecular weight is 355 g/mol. The van der Waals surface area contributed by atoms with Crippen LogP contribution in [0.5, 0.6) is 0 Å². The second-order valence-corrected chi connectivity index (χ2v) is 5.51. The summed E-state index contributed by atoms with van der Waals surface area (Å²) in [6.45, 7) is -0.111. The van der Waals surface area contributed by atoms with Crippen LogP contribution in [-0.2, 0) is 28.8 Å².